The molecule has 2 aromatic rings. The second-order valence-electron chi connectivity index (χ2n) is 7.42. The molecule has 6 nitrogen and oxygen atoms in total. The Morgan fingerprint density at radius 2 is 1.37 bits per heavy atom. The molecule has 1 heterocycles. The molecule has 2 aromatic carbocycles. The molecule has 1 aliphatic heterocycles. The SMILES string of the molecule is CCN(CC)C(=O)c1ccc(C(=C2CCN(C(=O)O)CC2)c2ccc(N)cc2)cc1. The molecule has 0 aliphatic carbocycles. The summed E-state index contributed by atoms with van der Waals surface area (Å²) < 4.78 is 0. The summed E-state index contributed by atoms with van der Waals surface area (Å²) in [7, 11) is 0. The van der Waals surface area contributed by atoms with Crippen molar-refractivity contribution in [2.75, 3.05) is 31.9 Å². The molecule has 3 N–H and O–H groups in total. The largest absolute Gasteiger partial charge is 0.465 e. The van der Waals surface area contributed by atoms with Crippen molar-refractivity contribution >= 4 is 23.3 Å². The van der Waals surface area contributed by atoms with Gasteiger partial charge >= 0.3 is 6.09 Å². The van der Waals surface area contributed by atoms with Gasteiger partial charge in [-0.15, -0.1) is 0 Å². The van der Waals surface area contributed by atoms with Gasteiger partial charge in [0.15, 0.2) is 0 Å². The van der Waals surface area contributed by atoms with Crippen molar-refractivity contribution in [1.29, 1.82) is 0 Å². The zero-order valence-corrected chi connectivity index (χ0v) is 17.6. The van der Waals surface area contributed by atoms with E-state index in [1.807, 2.05) is 62.4 Å². The van der Waals surface area contributed by atoms with Crippen molar-refractivity contribution in [3.63, 3.8) is 0 Å². The van der Waals surface area contributed by atoms with Gasteiger partial charge in [-0.1, -0.05) is 29.8 Å². The molecule has 0 bridgehead atoms. The van der Waals surface area contributed by atoms with Crippen LogP contribution in [0.15, 0.2) is 54.1 Å². The minimum absolute atomic E-state index is 0.0306. The van der Waals surface area contributed by atoms with E-state index in [1.165, 1.54) is 10.5 Å². The van der Waals surface area contributed by atoms with Crippen LogP contribution in [0.4, 0.5) is 10.5 Å². The lowest BCUT2D eigenvalue weighted by molar-refractivity contribution is 0.0773. The van der Waals surface area contributed by atoms with E-state index >= 15 is 0 Å². The van der Waals surface area contributed by atoms with Crippen LogP contribution in [0.3, 0.4) is 0 Å². The Morgan fingerprint density at radius 3 is 1.83 bits per heavy atom. The molecule has 0 aromatic heterocycles. The zero-order valence-electron chi connectivity index (χ0n) is 17.6. The predicted octanol–water partition coefficient (Wildman–Crippen LogP) is 4.33. The van der Waals surface area contributed by atoms with E-state index in [0.29, 0.717) is 50.3 Å². The molecule has 2 amide bonds. The highest BCUT2D eigenvalue weighted by Crippen LogP contribution is 2.33. The van der Waals surface area contributed by atoms with Crippen molar-refractivity contribution in [3.8, 4) is 0 Å². The zero-order chi connectivity index (χ0) is 21.7. The molecule has 1 aliphatic rings. The molecular formula is C24H29N3O3. The van der Waals surface area contributed by atoms with E-state index in [1.54, 1.807) is 4.90 Å². The number of hydrogen-bond donors (Lipinski definition) is 2. The third-order valence-electron chi connectivity index (χ3n) is 5.66. The van der Waals surface area contributed by atoms with Crippen LogP contribution in [0.5, 0.6) is 0 Å². The van der Waals surface area contributed by atoms with Gasteiger partial charge in [0.25, 0.3) is 5.91 Å². The second kappa shape index (κ2) is 9.48. The number of piperidine rings is 1. The number of benzene rings is 2. The van der Waals surface area contributed by atoms with Gasteiger partial charge in [0.1, 0.15) is 0 Å². The molecular weight excluding hydrogens is 378 g/mol. The smallest absolute Gasteiger partial charge is 0.407 e. The molecule has 0 atom stereocenters. The third-order valence-corrected chi connectivity index (χ3v) is 5.66. The average molecular weight is 408 g/mol. The Kier molecular flexibility index (Phi) is 6.77. The van der Waals surface area contributed by atoms with Gasteiger partial charge < -0.3 is 20.6 Å². The van der Waals surface area contributed by atoms with Crippen LogP contribution in [-0.4, -0.2) is 53.1 Å². The molecule has 0 radical (unpaired) electrons. The number of carbonyl (C=O) groups excluding carboxylic acids is 1. The number of nitrogens with zero attached hydrogens (tertiary/aromatic N) is 2. The maximum Gasteiger partial charge on any atom is 0.407 e. The number of rotatable bonds is 5. The van der Waals surface area contributed by atoms with Gasteiger partial charge in [0.2, 0.25) is 0 Å². The standard InChI is InChI=1S/C24H29N3O3/c1-3-26(4-2)23(28)20-7-5-17(6-8-20)22(18-9-11-21(25)12-10-18)19-13-15-27(16-14-19)24(29)30/h5-12H,3-4,13-16,25H2,1-2H3,(H,29,30). The number of hydrogen-bond acceptors (Lipinski definition) is 3. The van der Waals surface area contributed by atoms with Crippen molar-refractivity contribution in [2.45, 2.75) is 26.7 Å². The highest BCUT2D eigenvalue weighted by Gasteiger charge is 2.22. The molecule has 1 fully saturated rings. The lowest BCUT2D eigenvalue weighted by Crippen LogP contribution is -2.35. The first-order valence-electron chi connectivity index (χ1n) is 10.4. The number of carbonyl (C=O) groups is 2. The molecule has 30 heavy (non-hydrogen) atoms. The monoisotopic (exact) mass is 407 g/mol. The van der Waals surface area contributed by atoms with Crippen LogP contribution in [0, 0.1) is 0 Å². The van der Waals surface area contributed by atoms with Crippen LogP contribution in [0.1, 0.15) is 48.2 Å². The maximum atomic E-state index is 12.6. The quantitative estimate of drug-likeness (QED) is 0.723. The van der Waals surface area contributed by atoms with Crippen molar-refractivity contribution < 1.29 is 14.7 Å². The molecule has 158 valence electrons. The topological polar surface area (TPSA) is 86.9 Å². The number of nitrogen functional groups attached to an aromatic ring is 1. The lowest BCUT2D eigenvalue weighted by atomic mass is 9.88. The van der Waals surface area contributed by atoms with Crippen LogP contribution >= 0.6 is 0 Å². The fourth-order valence-corrected chi connectivity index (χ4v) is 3.92. The van der Waals surface area contributed by atoms with Crippen LogP contribution in [-0.2, 0) is 0 Å². The van der Waals surface area contributed by atoms with Gasteiger partial charge in [-0.25, -0.2) is 4.79 Å². The van der Waals surface area contributed by atoms with Gasteiger partial charge in [-0.2, -0.15) is 0 Å². The van der Waals surface area contributed by atoms with E-state index in [9.17, 15) is 14.7 Å². The van der Waals surface area contributed by atoms with Crippen molar-refractivity contribution in [3.05, 3.63) is 70.8 Å². The van der Waals surface area contributed by atoms with Gasteiger partial charge in [0, 0.05) is 37.4 Å². The number of likely N-dealkylation sites (tertiary alicyclic amines) is 1. The summed E-state index contributed by atoms with van der Waals surface area (Å²) in [6.45, 7) is 6.28. The lowest BCUT2D eigenvalue weighted by Gasteiger charge is -2.28. The van der Waals surface area contributed by atoms with E-state index in [-0.39, 0.29) is 5.91 Å². The van der Waals surface area contributed by atoms with E-state index in [2.05, 4.69) is 0 Å². The predicted molar refractivity (Wildman–Crippen MR) is 119 cm³/mol. The first kappa shape index (κ1) is 21.4. The number of amides is 2. The van der Waals surface area contributed by atoms with E-state index < -0.39 is 6.09 Å². The summed E-state index contributed by atoms with van der Waals surface area (Å²) in [5, 5.41) is 9.26. The van der Waals surface area contributed by atoms with Gasteiger partial charge in [-0.3, -0.25) is 4.79 Å². The third kappa shape index (κ3) is 4.64. The summed E-state index contributed by atoms with van der Waals surface area (Å²) in [6.07, 6.45) is 0.500. The fourth-order valence-electron chi connectivity index (χ4n) is 3.92. The normalized spacial score (nSPS) is 13.8. The van der Waals surface area contributed by atoms with Crippen LogP contribution in [0.25, 0.3) is 5.57 Å². The number of nitrogens with two attached hydrogens (primary N) is 1. The van der Waals surface area contributed by atoms with Crippen LogP contribution in [0.2, 0.25) is 0 Å². The fraction of sp³-hybridized carbons (Fsp3) is 0.333. The Morgan fingerprint density at radius 1 is 0.900 bits per heavy atom. The van der Waals surface area contributed by atoms with Gasteiger partial charge in [0.05, 0.1) is 0 Å². The second-order valence-corrected chi connectivity index (χ2v) is 7.42. The summed E-state index contributed by atoms with van der Waals surface area (Å²) >= 11 is 0. The first-order valence-corrected chi connectivity index (χ1v) is 10.4. The minimum Gasteiger partial charge on any atom is -0.465 e. The Bertz CT molecular complexity index is 919. The molecule has 0 spiro atoms. The molecule has 1 saturated heterocycles. The Hall–Kier alpha value is -3.28. The van der Waals surface area contributed by atoms with E-state index in [4.69, 9.17) is 5.73 Å². The van der Waals surface area contributed by atoms with Crippen molar-refractivity contribution in [1.82, 2.24) is 9.80 Å². The highest BCUT2D eigenvalue weighted by molar-refractivity contribution is 5.95. The van der Waals surface area contributed by atoms with E-state index in [0.717, 1.165) is 16.7 Å². The summed E-state index contributed by atoms with van der Waals surface area (Å²) in [5.41, 5.74) is 11.6. The minimum atomic E-state index is -0.873. The maximum absolute atomic E-state index is 12.6. The van der Waals surface area contributed by atoms with Crippen molar-refractivity contribution in [2.24, 2.45) is 0 Å². The summed E-state index contributed by atoms with van der Waals surface area (Å²) in [6, 6.07) is 15.5. The van der Waals surface area contributed by atoms with Crippen LogP contribution < -0.4 is 5.73 Å². The Labute approximate surface area is 177 Å². The average Bonchev–Trinajstić information content (AvgIpc) is 2.77. The molecule has 6 heteroatoms. The Balaban J connectivity index is 1.97. The summed E-state index contributed by atoms with van der Waals surface area (Å²) in [5.74, 6) is 0.0306. The molecule has 0 unspecified atom stereocenters. The summed E-state index contributed by atoms with van der Waals surface area (Å²) in [4.78, 5) is 27.2. The van der Waals surface area contributed by atoms with Gasteiger partial charge in [-0.05, 0) is 67.7 Å². The molecule has 3 rings (SSSR count). The number of anilines is 1. The highest BCUT2D eigenvalue weighted by atomic mass is 16.4. The first-order chi connectivity index (χ1) is 14.4. The molecule has 0 saturated carbocycles. The number of carboxylic acid groups (broad SMARTS) is 1.